The molecule has 0 saturated carbocycles. The average molecular weight is 502 g/mol. The fourth-order valence-corrected chi connectivity index (χ4v) is 5.82. The molecule has 0 radical (unpaired) electrons. The minimum atomic E-state index is -0.441. The minimum absolute atomic E-state index is 0.0337. The van der Waals surface area contributed by atoms with Crippen molar-refractivity contribution in [1.82, 2.24) is 14.5 Å². The minimum Gasteiger partial charge on any atom is -0.342 e. The Morgan fingerprint density at radius 1 is 1.03 bits per heavy atom. The Balaban J connectivity index is 1.34. The second kappa shape index (κ2) is 10.7. The first kappa shape index (κ1) is 24.3. The third-order valence-electron chi connectivity index (χ3n) is 6.73. The first-order chi connectivity index (χ1) is 17.5. The quantitative estimate of drug-likeness (QED) is 0.259. The number of hydrogen-bond donors (Lipinski definition) is 0. The molecule has 1 aliphatic heterocycles. The molecule has 1 saturated heterocycles. The summed E-state index contributed by atoms with van der Waals surface area (Å²) < 4.78 is 15.4. The van der Waals surface area contributed by atoms with Crippen molar-refractivity contribution in [2.45, 2.75) is 36.6 Å². The third kappa shape index (κ3) is 5.21. The Morgan fingerprint density at radius 3 is 2.50 bits per heavy atom. The molecule has 1 aliphatic rings. The van der Waals surface area contributed by atoms with Gasteiger partial charge in [0.05, 0.1) is 21.8 Å². The van der Waals surface area contributed by atoms with Gasteiger partial charge in [0.15, 0.2) is 5.16 Å². The van der Waals surface area contributed by atoms with E-state index in [0.29, 0.717) is 27.7 Å². The summed E-state index contributed by atoms with van der Waals surface area (Å²) in [7, 11) is 0. The van der Waals surface area contributed by atoms with E-state index in [9.17, 15) is 14.0 Å². The van der Waals surface area contributed by atoms with Gasteiger partial charge in [0, 0.05) is 13.1 Å². The molecule has 0 bridgehead atoms. The van der Waals surface area contributed by atoms with Crippen LogP contribution in [0.3, 0.4) is 0 Å². The predicted molar refractivity (Wildman–Crippen MR) is 142 cm³/mol. The zero-order valence-electron chi connectivity index (χ0n) is 20.1. The fraction of sp³-hybridized carbons (Fsp3) is 0.276. The molecule has 1 aromatic heterocycles. The summed E-state index contributed by atoms with van der Waals surface area (Å²) in [6.45, 7) is 3.30. The van der Waals surface area contributed by atoms with Gasteiger partial charge in [-0.2, -0.15) is 0 Å². The van der Waals surface area contributed by atoms with Crippen LogP contribution in [0.25, 0.3) is 16.6 Å². The van der Waals surface area contributed by atoms with Gasteiger partial charge in [-0.1, -0.05) is 60.3 Å². The van der Waals surface area contributed by atoms with E-state index in [2.05, 4.69) is 24.3 Å². The number of para-hydroxylation sites is 1. The summed E-state index contributed by atoms with van der Waals surface area (Å²) in [4.78, 5) is 33.4. The number of nitrogens with zero attached hydrogens (tertiary/aromatic N) is 3. The largest absolute Gasteiger partial charge is 0.342 e. The number of aromatic nitrogens is 2. The SMILES string of the molecule is CC(Sc1nc2ccccc2c(=O)n1-c1cccc(F)c1)C(=O)N1CCC(Cc2ccccc2)CC1. The van der Waals surface area contributed by atoms with Crippen LogP contribution in [0.4, 0.5) is 4.39 Å². The summed E-state index contributed by atoms with van der Waals surface area (Å²) >= 11 is 1.24. The highest BCUT2D eigenvalue weighted by Gasteiger charge is 2.28. The Kier molecular flexibility index (Phi) is 7.18. The molecule has 1 atom stereocenters. The maximum atomic E-state index is 14.0. The number of hydrogen-bond acceptors (Lipinski definition) is 4. The van der Waals surface area contributed by atoms with Crippen LogP contribution in [0.15, 0.2) is 88.8 Å². The van der Waals surface area contributed by atoms with Crippen LogP contribution in [-0.4, -0.2) is 38.7 Å². The van der Waals surface area contributed by atoms with Gasteiger partial charge in [-0.15, -0.1) is 0 Å². The van der Waals surface area contributed by atoms with Gasteiger partial charge in [-0.25, -0.2) is 9.37 Å². The molecule has 7 heteroatoms. The van der Waals surface area contributed by atoms with Crippen molar-refractivity contribution in [2.75, 3.05) is 13.1 Å². The lowest BCUT2D eigenvalue weighted by Crippen LogP contribution is -2.42. The monoisotopic (exact) mass is 501 g/mol. The molecule has 184 valence electrons. The van der Waals surface area contributed by atoms with Crippen molar-refractivity contribution < 1.29 is 9.18 Å². The Bertz CT molecular complexity index is 1430. The van der Waals surface area contributed by atoms with Gasteiger partial charge in [-0.05, 0) is 68.0 Å². The van der Waals surface area contributed by atoms with Gasteiger partial charge in [0.1, 0.15) is 5.82 Å². The van der Waals surface area contributed by atoms with E-state index in [4.69, 9.17) is 4.98 Å². The number of piperidine rings is 1. The first-order valence-electron chi connectivity index (χ1n) is 12.3. The summed E-state index contributed by atoms with van der Waals surface area (Å²) in [5, 5.41) is 0.387. The summed E-state index contributed by atoms with van der Waals surface area (Å²) in [6, 6.07) is 23.5. The maximum absolute atomic E-state index is 14.0. The van der Waals surface area contributed by atoms with Gasteiger partial charge in [0.2, 0.25) is 5.91 Å². The molecule has 3 aromatic carbocycles. The molecule has 1 unspecified atom stereocenters. The number of fused-ring (bicyclic) bond motifs is 1. The molecule has 5 rings (SSSR count). The van der Waals surface area contributed by atoms with Gasteiger partial charge >= 0.3 is 0 Å². The summed E-state index contributed by atoms with van der Waals surface area (Å²) in [5.74, 6) is 0.164. The van der Waals surface area contributed by atoms with Crippen molar-refractivity contribution in [3.8, 4) is 5.69 Å². The first-order valence-corrected chi connectivity index (χ1v) is 13.1. The smallest absolute Gasteiger partial charge is 0.266 e. The molecular formula is C29H28FN3O2S. The Morgan fingerprint density at radius 2 is 1.75 bits per heavy atom. The van der Waals surface area contributed by atoms with E-state index in [1.54, 1.807) is 30.3 Å². The second-order valence-corrected chi connectivity index (χ2v) is 10.6. The molecule has 1 amide bonds. The van der Waals surface area contributed by atoms with Crippen LogP contribution >= 0.6 is 11.8 Å². The average Bonchev–Trinajstić information content (AvgIpc) is 2.89. The lowest BCUT2D eigenvalue weighted by atomic mass is 9.90. The standard InChI is InChI=1S/C29H28FN3O2S/c1-20(27(34)32-16-14-22(15-17-32)18-21-8-3-2-4-9-21)36-29-31-26-13-6-5-12-25(26)28(35)33(29)24-11-7-10-23(30)19-24/h2-13,19-20,22H,14-18H2,1H3. The number of halogens is 1. The molecule has 36 heavy (non-hydrogen) atoms. The number of benzene rings is 3. The maximum Gasteiger partial charge on any atom is 0.266 e. The van der Waals surface area contributed by atoms with Crippen LogP contribution in [0, 0.1) is 11.7 Å². The van der Waals surface area contributed by atoms with Gasteiger partial charge in [0.25, 0.3) is 5.56 Å². The van der Waals surface area contributed by atoms with Crippen LogP contribution in [0.5, 0.6) is 0 Å². The highest BCUT2D eigenvalue weighted by Crippen LogP contribution is 2.28. The van der Waals surface area contributed by atoms with E-state index >= 15 is 0 Å². The van der Waals surface area contributed by atoms with Gasteiger partial charge < -0.3 is 4.90 Å². The Hall–Kier alpha value is -3.45. The van der Waals surface area contributed by atoms with Crippen LogP contribution in [0.1, 0.15) is 25.3 Å². The highest BCUT2D eigenvalue weighted by atomic mass is 32.2. The van der Waals surface area contributed by atoms with E-state index in [0.717, 1.165) is 32.4 Å². The van der Waals surface area contributed by atoms with E-state index in [1.165, 1.54) is 34.0 Å². The zero-order chi connectivity index (χ0) is 25.1. The molecular weight excluding hydrogens is 473 g/mol. The zero-order valence-corrected chi connectivity index (χ0v) is 21.0. The fourth-order valence-electron chi connectivity index (χ4n) is 4.80. The molecule has 5 nitrogen and oxygen atoms in total. The highest BCUT2D eigenvalue weighted by molar-refractivity contribution is 8.00. The Labute approximate surface area is 214 Å². The van der Waals surface area contributed by atoms with E-state index in [1.807, 2.05) is 24.0 Å². The van der Waals surface area contributed by atoms with Crippen LogP contribution < -0.4 is 5.56 Å². The van der Waals surface area contributed by atoms with Gasteiger partial charge in [-0.3, -0.25) is 14.2 Å². The predicted octanol–water partition coefficient (Wildman–Crippen LogP) is 5.49. The van der Waals surface area contributed by atoms with Crippen molar-refractivity contribution >= 4 is 28.6 Å². The second-order valence-electron chi connectivity index (χ2n) is 9.25. The number of rotatable bonds is 6. The number of amides is 1. The lowest BCUT2D eigenvalue weighted by molar-refractivity contribution is -0.131. The van der Waals surface area contributed by atoms with Crippen LogP contribution in [-0.2, 0) is 11.2 Å². The van der Waals surface area contributed by atoms with Crippen LogP contribution in [0.2, 0.25) is 0 Å². The van der Waals surface area contributed by atoms with E-state index < -0.39 is 11.1 Å². The summed E-state index contributed by atoms with van der Waals surface area (Å²) in [5.41, 5.74) is 2.00. The van der Waals surface area contributed by atoms with E-state index in [-0.39, 0.29) is 11.5 Å². The van der Waals surface area contributed by atoms with Crippen molar-refractivity contribution in [1.29, 1.82) is 0 Å². The topological polar surface area (TPSA) is 55.2 Å². The van der Waals surface area contributed by atoms with Crippen molar-refractivity contribution in [2.24, 2.45) is 5.92 Å². The van der Waals surface area contributed by atoms with Crippen molar-refractivity contribution in [3.05, 3.63) is 101 Å². The lowest BCUT2D eigenvalue weighted by Gasteiger charge is -2.33. The van der Waals surface area contributed by atoms with Crippen molar-refractivity contribution in [3.63, 3.8) is 0 Å². The molecule has 2 heterocycles. The molecule has 0 N–H and O–H groups in total. The molecule has 1 fully saturated rings. The molecule has 0 spiro atoms. The molecule has 4 aromatic rings. The number of likely N-dealkylation sites (tertiary alicyclic amines) is 1. The number of carbonyl (C=O) groups is 1. The number of thioether (sulfide) groups is 1. The summed E-state index contributed by atoms with van der Waals surface area (Å²) in [6.07, 6.45) is 2.98. The third-order valence-corrected chi connectivity index (χ3v) is 7.77. The normalized spacial score (nSPS) is 15.2. The number of carbonyl (C=O) groups excluding carboxylic acids is 1. The molecule has 0 aliphatic carbocycles.